The van der Waals surface area contributed by atoms with Gasteiger partial charge in [-0.2, -0.15) is 9.97 Å². The number of H-pyrrole nitrogens is 1. The maximum absolute atomic E-state index is 12.6. The normalized spacial score (nSPS) is 17.0. The van der Waals surface area contributed by atoms with E-state index in [1.54, 1.807) is 6.33 Å². The van der Waals surface area contributed by atoms with E-state index >= 15 is 0 Å². The molecule has 3 aromatic heterocycles. The number of aromatic amines is 1. The van der Waals surface area contributed by atoms with Gasteiger partial charge >= 0.3 is 0 Å². The predicted molar refractivity (Wildman–Crippen MR) is 112 cm³/mol. The van der Waals surface area contributed by atoms with Gasteiger partial charge in [-0.1, -0.05) is 13.8 Å². The van der Waals surface area contributed by atoms with Crippen molar-refractivity contribution in [3.63, 3.8) is 0 Å². The average Bonchev–Trinajstić information content (AvgIpc) is 3.16. The third-order valence-corrected chi connectivity index (χ3v) is 5.51. The van der Waals surface area contributed by atoms with Gasteiger partial charge in [-0.15, -0.1) is 0 Å². The third-order valence-electron chi connectivity index (χ3n) is 5.34. The third kappa shape index (κ3) is 4.00. The van der Waals surface area contributed by atoms with Gasteiger partial charge in [-0.25, -0.2) is 4.98 Å². The molecule has 1 atom stereocenters. The number of aromatic nitrogens is 5. The van der Waals surface area contributed by atoms with E-state index in [4.69, 9.17) is 16.3 Å². The minimum Gasteiger partial charge on any atom is -0.364 e. The molecule has 0 radical (unpaired) electrons. The molecule has 0 saturated carbocycles. The molecule has 9 heteroatoms. The molecule has 4 heterocycles. The number of halogens is 1. The minimum absolute atomic E-state index is 0.0776. The average molecular weight is 417 g/mol. The lowest BCUT2D eigenvalue weighted by molar-refractivity contribution is -0.0298. The van der Waals surface area contributed by atoms with Gasteiger partial charge in [0.2, 0.25) is 5.28 Å². The van der Waals surface area contributed by atoms with Crippen LogP contribution in [0.4, 0.5) is 5.82 Å². The molecule has 1 saturated heterocycles. The fourth-order valence-corrected chi connectivity index (χ4v) is 3.90. The van der Waals surface area contributed by atoms with Crippen LogP contribution in [0.15, 0.2) is 17.2 Å². The highest BCUT2D eigenvalue weighted by atomic mass is 35.5. The van der Waals surface area contributed by atoms with Crippen LogP contribution >= 0.6 is 11.6 Å². The van der Waals surface area contributed by atoms with Crippen molar-refractivity contribution in [2.75, 3.05) is 11.9 Å². The fraction of sp³-hybridized carbons (Fsp3) is 0.500. The Bertz CT molecular complexity index is 1070. The molecule has 0 amide bonds. The molecule has 0 bridgehead atoms. The summed E-state index contributed by atoms with van der Waals surface area (Å²) in [5, 5.41) is 3.37. The van der Waals surface area contributed by atoms with Crippen LogP contribution in [0.3, 0.4) is 0 Å². The van der Waals surface area contributed by atoms with Crippen LogP contribution in [0.2, 0.25) is 5.28 Å². The van der Waals surface area contributed by atoms with Gasteiger partial charge in [-0.05, 0) is 55.3 Å². The first-order valence-electron chi connectivity index (χ1n) is 10.1. The monoisotopic (exact) mass is 416 g/mol. The highest BCUT2D eigenvalue weighted by molar-refractivity contribution is 6.28. The van der Waals surface area contributed by atoms with Crippen molar-refractivity contribution in [3.05, 3.63) is 44.9 Å². The summed E-state index contributed by atoms with van der Waals surface area (Å²) in [5.74, 6) is 0.510. The molecule has 154 valence electrons. The molecule has 0 aromatic carbocycles. The van der Waals surface area contributed by atoms with Crippen molar-refractivity contribution < 1.29 is 4.74 Å². The zero-order valence-electron chi connectivity index (χ0n) is 16.7. The molecule has 1 unspecified atom stereocenters. The van der Waals surface area contributed by atoms with Gasteiger partial charge < -0.3 is 15.0 Å². The second-order valence-electron chi connectivity index (χ2n) is 7.17. The molecular formula is C20H25ClN6O2. The van der Waals surface area contributed by atoms with Gasteiger partial charge in [-0.3, -0.25) is 9.36 Å². The summed E-state index contributed by atoms with van der Waals surface area (Å²) in [5.41, 5.74) is 3.83. The van der Waals surface area contributed by atoms with E-state index in [1.807, 2.05) is 18.4 Å². The molecule has 0 spiro atoms. The number of hydrogen-bond acceptors (Lipinski definition) is 6. The standard InChI is InChI=1S/C20H25ClN6O2/c1-3-12-9-13(4-2)24-19(28)14(12)10-22-17-16-18(26-20(21)25-17)27(11-23-16)15-7-5-6-8-29-15/h9,11,15H,3-8,10H2,1-2H3,(H,24,28)(H,22,25,26). The maximum atomic E-state index is 12.6. The Hall–Kier alpha value is -2.45. The first-order chi connectivity index (χ1) is 14.1. The van der Waals surface area contributed by atoms with E-state index in [0.29, 0.717) is 29.1 Å². The minimum atomic E-state index is -0.0938. The van der Waals surface area contributed by atoms with Crippen LogP contribution in [-0.4, -0.2) is 31.1 Å². The number of nitrogens with zero attached hydrogens (tertiary/aromatic N) is 4. The van der Waals surface area contributed by atoms with Crippen molar-refractivity contribution in [3.8, 4) is 0 Å². The van der Waals surface area contributed by atoms with Gasteiger partial charge in [0.05, 0.1) is 6.33 Å². The van der Waals surface area contributed by atoms with Gasteiger partial charge in [0.1, 0.15) is 6.23 Å². The molecule has 29 heavy (non-hydrogen) atoms. The largest absolute Gasteiger partial charge is 0.364 e. The quantitative estimate of drug-likeness (QED) is 0.596. The summed E-state index contributed by atoms with van der Waals surface area (Å²) in [7, 11) is 0. The number of ether oxygens (including phenoxy) is 1. The van der Waals surface area contributed by atoms with Crippen molar-refractivity contribution in [2.45, 2.75) is 58.7 Å². The van der Waals surface area contributed by atoms with E-state index in [2.05, 4.69) is 31.3 Å². The predicted octanol–water partition coefficient (Wildman–Crippen LogP) is 3.60. The van der Waals surface area contributed by atoms with Gasteiger partial charge in [0, 0.05) is 24.4 Å². The number of fused-ring (bicyclic) bond motifs is 1. The van der Waals surface area contributed by atoms with E-state index in [1.165, 1.54) is 0 Å². The molecule has 1 aliphatic heterocycles. The molecule has 4 rings (SSSR count). The molecule has 8 nitrogen and oxygen atoms in total. The Morgan fingerprint density at radius 1 is 1.31 bits per heavy atom. The molecule has 1 fully saturated rings. The lowest BCUT2D eigenvalue weighted by Crippen LogP contribution is -2.20. The van der Waals surface area contributed by atoms with Gasteiger partial charge in [0.15, 0.2) is 17.0 Å². The second kappa shape index (κ2) is 8.51. The van der Waals surface area contributed by atoms with E-state index < -0.39 is 0 Å². The van der Waals surface area contributed by atoms with Crippen molar-refractivity contribution >= 4 is 28.6 Å². The summed E-state index contributed by atoms with van der Waals surface area (Å²) in [6.45, 7) is 5.13. The smallest absolute Gasteiger partial charge is 0.253 e. The summed E-state index contributed by atoms with van der Waals surface area (Å²) in [6, 6.07) is 2.05. The van der Waals surface area contributed by atoms with Crippen molar-refractivity contribution in [2.24, 2.45) is 0 Å². The fourth-order valence-electron chi connectivity index (χ4n) is 3.74. The second-order valence-corrected chi connectivity index (χ2v) is 7.51. The Kier molecular flexibility index (Phi) is 5.82. The first-order valence-corrected chi connectivity index (χ1v) is 10.5. The number of aryl methyl sites for hydroxylation is 2. The SMILES string of the molecule is CCc1cc(CC)c(CNc2nc(Cl)nc3c2ncn3C2CCCCO2)c(=O)[nH]1. The highest BCUT2D eigenvalue weighted by Gasteiger charge is 2.21. The zero-order valence-corrected chi connectivity index (χ0v) is 17.4. The van der Waals surface area contributed by atoms with E-state index in [9.17, 15) is 4.79 Å². The first kappa shape index (κ1) is 19.8. The number of anilines is 1. The van der Waals surface area contributed by atoms with Crippen LogP contribution in [0.25, 0.3) is 11.2 Å². The van der Waals surface area contributed by atoms with Crippen LogP contribution in [0.1, 0.15) is 56.2 Å². The maximum Gasteiger partial charge on any atom is 0.253 e. The highest BCUT2D eigenvalue weighted by Crippen LogP contribution is 2.28. The number of imidazole rings is 1. The Balaban J connectivity index is 1.65. The summed E-state index contributed by atoms with van der Waals surface area (Å²) in [6.07, 6.45) is 6.27. The topological polar surface area (TPSA) is 97.7 Å². The number of pyridine rings is 1. The zero-order chi connectivity index (χ0) is 20.4. The summed E-state index contributed by atoms with van der Waals surface area (Å²) < 4.78 is 7.77. The molecule has 3 aromatic rings. The lowest BCUT2D eigenvalue weighted by Gasteiger charge is -2.23. The molecular weight excluding hydrogens is 392 g/mol. The summed E-state index contributed by atoms with van der Waals surface area (Å²) in [4.78, 5) is 28.7. The van der Waals surface area contributed by atoms with Crippen LogP contribution in [-0.2, 0) is 24.1 Å². The lowest BCUT2D eigenvalue weighted by atomic mass is 10.1. The van der Waals surface area contributed by atoms with E-state index in [-0.39, 0.29) is 17.1 Å². The van der Waals surface area contributed by atoms with E-state index in [0.717, 1.165) is 50.0 Å². The summed E-state index contributed by atoms with van der Waals surface area (Å²) >= 11 is 6.19. The Morgan fingerprint density at radius 2 is 2.17 bits per heavy atom. The molecule has 1 aliphatic rings. The number of hydrogen-bond donors (Lipinski definition) is 2. The Labute approximate surface area is 173 Å². The van der Waals surface area contributed by atoms with Crippen LogP contribution in [0.5, 0.6) is 0 Å². The van der Waals surface area contributed by atoms with Gasteiger partial charge in [0.25, 0.3) is 5.56 Å². The van der Waals surface area contributed by atoms with Crippen molar-refractivity contribution in [1.82, 2.24) is 24.5 Å². The van der Waals surface area contributed by atoms with Crippen LogP contribution < -0.4 is 10.9 Å². The molecule has 2 N–H and O–H groups in total. The number of rotatable bonds is 6. The number of nitrogens with one attached hydrogen (secondary N) is 2. The molecule has 0 aliphatic carbocycles. The van der Waals surface area contributed by atoms with Crippen molar-refractivity contribution in [1.29, 1.82) is 0 Å². The Morgan fingerprint density at radius 3 is 2.90 bits per heavy atom. The van der Waals surface area contributed by atoms with Crippen LogP contribution in [0, 0.1) is 0 Å².